The van der Waals surface area contributed by atoms with Crippen LogP contribution in [0.25, 0.3) is 5.69 Å². The fourth-order valence-corrected chi connectivity index (χ4v) is 3.90. The quantitative estimate of drug-likeness (QED) is 0.515. The van der Waals surface area contributed by atoms with Crippen LogP contribution in [-0.4, -0.2) is 33.5 Å². The van der Waals surface area contributed by atoms with Gasteiger partial charge in [0.25, 0.3) is 5.91 Å². The zero-order valence-electron chi connectivity index (χ0n) is 19.1. The molecule has 0 atom stereocenters. The second-order valence-corrected chi connectivity index (χ2v) is 8.81. The van der Waals surface area contributed by atoms with Gasteiger partial charge < -0.3 is 14.2 Å². The molecule has 0 bridgehead atoms. The van der Waals surface area contributed by atoms with Gasteiger partial charge in [-0.3, -0.25) is 4.79 Å². The molecule has 3 aromatic rings. The van der Waals surface area contributed by atoms with Gasteiger partial charge in [0.2, 0.25) is 0 Å². The van der Waals surface area contributed by atoms with Crippen molar-refractivity contribution in [1.29, 1.82) is 0 Å². The molecule has 4 rings (SSSR count). The van der Waals surface area contributed by atoms with Crippen LogP contribution in [0, 0.1) is 13.8 Å². The van der Waals surface area contributed by atoms with Crippen molar-refractivity contribution in [3.05, 3.63) is 76.9 Å². The maximum absolute atomic E-state index is 13.5. The Labute approximate surface area is 184 Å². The number of ether oxygens (including phenoxy) is 1. The van der Waals surface area contributed by atoms with Crippen molar-refractivity contribution in [1.82, 2.24) is 14.5 Å². The summed E-state index contributed by atoms with van der Waals surface area (Å²) in [6.07, 6.45) is 5.84. The highest BCUT2D eigenvalue weighted by molar-refractivity contribution is 5.95. The average Bonchev–Trinajstić information content (AvgIpc) is 3.51. The Morgan fingerprint density at radius 2 is 1.97 bits per heavy atom. The van der Waals surface area contributed by atoms with Crippen molar-refractivity contribution < 1.29 is 9.53 Å². The van der Waals surface area contributed by atoms with E-state index >= 15 is 0 Å². The van der Waals surface area contributed by atoms with E-state index in [0.29, 0.717) is 29.8 Å². The third-order valence-electron chi connectivity index (χ3n) is 6.05. The fraction of sp³-hybridized carbons (Fsp3) is 0.385. The minimum Gasteiger partial charge on any atom is -0.495 e. The van der Waals surface area contributed by atoms with Crippen molar-refractivity contribution in [2.45, 2.75) is 59.0 Å². The summed E-state index contributed by atoms with van der Waals surface area (Å²) in [5, 5.41) is 0. The number of rotatable bonds is 7. The van der Waals surface area contributed by atoms with Crippen LogP contribution in [0.1, 0.15) is 65.3 Å². The van der Waals surface area contributed by atoms with Gasteiger partial charge in [-0.05, 0) is 67.5 Å². The highest BCUT2D eigenvalue weighted by atomic mass is 16.5. The number of imidazole rings is 1. The van der Waals surface area contributed by atoms with E-state index in [1.807, 2.05) is 40.8 Å². The van der Waals surface area contributed by atoms with E-state index in [1.165, 1.54) is 16.7 Å². The van der Waals surface area contributed by atoms with Gasteiger partial charge in [-0.25, -0.2) is 4.98 Å². The molecular formula is C26H31N3O2. The van der Waals surface area contributed by atoms with Gasteiger partial charge in [0.15, 0.2) is 0 Å². The predicted octanol–water partition coefficient (Wildman–Crippen LogP) is 5.43. The lowest BCUT2D eigenvalue weighted by Crippen LogP contribution is -2.33. The van der Waals surface area contributed by atoms with Crippen LogP contribution < -0.4 is 4.74 Å². The van der Waals surface area contributed by atoms with E-state index in [-0.39, 0.29) is 5.91 Å². The van der Waals surface area contributed by atoms with Crippen molar-refractivity contribution in [3.63, 3.8) is 0 Å². The lowest BCUT2D eigenvalue weighted by atomic mass is 9.97. The van der Waals surface area contributed by atoms with E-state index in [2.05, 4.69) is 44.0 Å². The lowest BCUT2D eigenvalue weighted by Gasteiger charge is -2.25. The largest absolute Gasteiger partial charge is 0.495 e. The Bertz CT molecular complexity index is 1100. The molecule has 162 valence electrons. The highest BCUT2D eigenvalue weighted by Crippen LogP contribution is 2.32. The van der Waals surface area contributed by atoms with E-state index in [0.717, 1.165) is 24.2 Å². The predicted molar refractivity (Wildman–Crippen MR) is 123 cm³/mol. The van der Waals surface area contributed by atoms with E-state index < -0.39 is 0 Å². The molecule has 5 nitrogen and oxygen atoms in total. The molecule has 0 spiro atoms. The molecule has 0 unspecified atom stereocenters. The summed E-state index contributed by atoms with van der Waals surface area (Å²) in [6, 6.07) is 12.6. The smallest absolute Gasteiger partial charge is 0.254 e. The molecule has 31 heavy (non-hydrogen) atoms. The number of nitrogens with zero attached hydrogens (tertiary/aromatic N) is 3. The van der Waals surface area contributed by atoms with Gasteiger partial charge in [0, 0.05) is 24.3 Å². The first-order valence-corrected chi connectivity index (χ1v) is 11.0. The van der Waals surface area contributed by atoms with Gasteiger partial charge in [-0.1, -0.05) is 32.0 Å². The van der Waals surface area contributed by atoms with E-state index in [1.54, 1.807) is 13.4 Å². The summed E-state index contributed by atoms with van der Waals surface area (Å²) in [6.45, 7) is 9.12. The van der Waals surface area contributed by atoms with Crippen molar-refractivity contribution in [2.24, 2.45) is 0 Å². The first kappa shape index (κ1) is 21.2. The van der Waals surface area contributed by atoms with Crippen molar-refractivity contribution >= 4 is 5.91 Å². The number of hydrogen-bond acceptors (Lipinski definition) is 3. The van der Waals surface area contributed by atoms with Gasteiger partial charge in [-0.15, -0.1) is 0 Å². The number of aromatic nitrogens is 2. The highest BCUT2D eigenvalue weighted by Gasteiger charge is 2.33. The standard InChI is InChI=1S/C26H31N3O2/c1-17(2)20-7-6-18(3)22(12-20)15-29(23-9-10-23)26(30)21-8-11-24(25(13-21)31-5)28-14-19(4)27-16-28/h6-8,11-14,16-17,23H,9-10,15H2,1-5H3. The number of amides is 1. The minimum absolute atomic E-state index is 0.0588. The van der Waals surface area contributed by atoms with Gasteiger partial charge >= 0.3 is 0 Å². The normalized spacial score (nSPS) is 13.5. The third-order valence-corrected chi connectivity index (χ3v) is 6.05. The zero-order chi connectivity index (χ0) is 22.1. The van der Waals surface area contributed by atoms with E-state index in [9.17, 15) is 4.79 Å². The average molecular weight is 418 g/mol. The van der Waals surface area contributed by atoms with Gasteiger partial charge in [-0.2, -0.15) is 0 Å². The number of hydrogen-bond donors (Lipinski definition) is 0. The molecule has 5 heteroatoms. The number of carbonyl (C=O) groups is 1. The zero-order valence-corrected chi connectivity index (χ0v) is 19.1. The van der Waals surface area contributed by atoms with Crippen molar-refractivity contribution in [3.8, 4) is 11.4 Å². The summed E-state index contributed by atoms with van der Waals surface area (Å²) in [4.78, 5) is 19.9. The van der Waals surface area contributed by atoms with Crippen LogP contribution in [0.3, 0.4) is 0 Å². The summed E-state index contributed by atoms with van der Waals surface area (Å²) < 4.78 is 7.53. The molecule has 1 aliphatic carbocycles. The SMILES string of the molecule is COc1cc(C(=O)N(Cc2cc(C(C)C)ccc2C)C2CC2)ccc1-n1cnc(C)c1. The number of benzene rings is 2. The summed E-state index contributed by atoms with van der Waals surface area (Å²) >= 11 is 0. The summed E-state index contributed by atoms with van der Waals surface area (Å²) in [7, 11) is 1.64. The Morgan fingerprint density at radius 1 is 1.19 bits per heavy atom. The third kappa shape index (κ3) is 4.50. The molecule has 1 aliphatic rings. The number of aryl methyl sites for hydroxylation is 2. The second-order valence-electron chi connectivity index (χ2n) is 8.81. The van der Waals surface area contributed by atoms with Crippen LogP contribution >= 0.6 is 0 Å². The number of methoxy groups -OCH3 is 1. The molecule has 1 amide bonds. The molecule has 2 aromatic carbocycles. The van der Waals surface area contributed by atoms with Crippen LogP contribution in [0.4, 0.5) is 0 Å². The molecule has 0 aliphatic heterocycles. The van der Waals surface area contributed by atoms with Crippen LogP contribution in [-0.2, 0) is 6.54 Å². The summed E-state index contributed by atoms with van der Waals surface area (Å²) in [5.41, 5.74) is 6.22. The topological polar surface area (TPSA) is 47.4 Å². The molecule has 0 N–H and O–H groups in total. The van der Waals surface area contributed by atoms with Gasteiger partial charge in [0.1, 0.15) is 5.75 Å². The van der Waals surface area contributed by atoms with Gasteiger partial charge in [0.05, 0.1) is 24.8 Å². The minimum atomic E-state index is 0.0588. The monoisotopic (exact) mass is 417 g/mol. The second kappa shape index (κ2) is 8.58. The molecule has 1 fully saturated rings. The Balaban J connectivity index is 1.63. The summed E-state index contributed by atoms with van der Waals surface area (Å²) in [5.74, 6) is 1.19. The Hall–Kier alpha value is -3.08. The lowest BCUT2D eigenvalue weighted by molar-refractivity contribution is 0.0729. The van der Waals surface area contributed by atoms with Crippen LogP contribution in [0.5, 0.6) is 5.75 Å². The molecular weight excluding hydrogens is 386 g/mol. The molecule has 1 aromatic heterocycles. The van der Waals surface area contributed by atoms with E-state index in [4.69, 9.17) is 4.74 Å². The number of carbonyl (C=O) groups excluding carboxylic acids is 1. The molecule has 0 saturated heterocycles. The van der Waals surface area contributed by atoms with Crippen LogP contribution in [0.15, 0.2) is 48.9 Å². The Morgan fingerprint density at radius 3 is 2.58 bits per heavy atom. The fourth-order valence-electron chi connectivity index (χ4n) is 3.90. The van der Waals surface area contributed by atoms with Crippen LogP contribution in [0.2, 0.25) is 0 Å². The van der Waals surface area contributed by atoms with Crippen molar-refractivity contribution in [2.75, 3.05) is 7.11 Å². The molecule has 1 heterocycles. The first-order valence-electron chi connectivity index (χ1n) is 11.0. The molecule has 0 radical (unpaired) electrons. The maximum atomic E-state index is 13.5. The Kier molecular flexibility index (Phi) is 5.86. The molecule has 1 saturated carbocycles. The first-order chi connectivity index (χ1) is 14.9. The maximum Gasteiger partial charge on any atom is 0.254 e.